The van der Waals surface area contributed by atoms with Crippen LogP contribution in [-0.2, 0) is 32.6 Å². The first-order valence-electron chi connectivity index (χ1n) is 15.0. The topological polar surface area (TPSA) is 86.8 Å². The molecule has 1 atom stereocenters. The highest BCUT2D eigenvalue weighted by Gasteiger charge is 2.34. The molecule has 2 amide bonds. The monoisotopic (exact) mass is 675 g/mol. The Kier molecular flexibility index (Phi) is 10.4. The minimum absolute atomic E-state index is 0.0577. The molecule has 44 heavy (non-hydrogen) atoms. The smallest absolute Gasteiger partial charge is 0.244 e. The summed E-state index contributed by atoms with van der Waals surface area (Å²) in [7, 11) is -3.86. The fourth-order valence-corrected chi connectivity index (χ4v) is 7.03. The predicted octanol–water partition coefficient (Wildman–Crippen LogP) is 6.46. The molecule has 1 N–H and O–H groups in total. The van der Waals surface area contributed by atoms with Crippen LogP contribution in [0, 0.1) is 0 Å². The Morgan fingerprint density at radius 1 is 0.841 bits per heavy atom. The predicted molar refractivity (Wildman–Crippen MR) is 180 cm³/mol. The average molecular weight is 677 g/mol. The molecule has 1 saturated carbocycles. The van der Waals surface area contributed by atoms with Gasteiger partial charge in [-0.2, -0.15) is 0 Å². The van der Waals surface area contributed by atoms with Crippen molar-refractivity contribution in [1.82, 2.24) is 10.2 Å². The number of halogens is 1. The summed E-state index contributed by atoms with van der Waals surface area (Å²) in [6.45, 7) is -0.291. The van der Waals surface area contributed by atoms with Gasteiger partial charge in [0.15, 0.2) is 0 Å². The van der Waals surface area contributed by atoms with Gasteiger partial charge >= 0.3 is 0 Å². The molecule has 0 saturated heterocycles. The minimum atomic E-state index is -3.86. The molecule has 1 aliphatic rings. The van der Waals surface area contributed by atoms with Gasteiger partial charge < -0.3 is 10.2 Å². The summed E-state index contributed by atoms with van der Waals surface area (Å²) >= 11 is 3.47. The van der Waals surface area contributed by atoms with E-state index in [1.165, 1.54) is 0 Å². The zero-order valence-electron chi connectivity index (χ0n) is 24.9. The number of amides is 2. The number of rotatable bonds is 11. The van der Waals surface area contributed by atoms with Crippen molar-refractivity contribution in [3.05, 3.63) is 113 Å². The van der Waals surface area contributed by atoms with Crippen LogP contribution in [0.15, 0.2) is 102 Å². The Balaban J connectivity index is 1.54. The third-order valence-electron chi connectivity index (χ3n) is 8.20. The van der Waals surface area contributed by atoms with Gasteiger partial charge in [-0.3, -0.25) is 13.9 Å². The van der Waals surface area contributed by atoms with E-state index in [0.717, 1.165) is 69.0 Å². The van der Waals surface area contributed by atoms with Crippen LogP contribution in [0.1, 0.15) is 43.2 Å². The average Bonchev–Trinajstić information content (AvgIpc) is 3.02. The Labute approximate surface area is 268 Å². The van der Waals surface area contributed by atoms with Crippen LogP contribution in [0.5, 0.6) is 0 Å². The molecule has 9 heteroatoms. The highest BCUT2D eigenvalue weighted by atomic mass is 79.9. The van der Waals surface area contributed by atoms with E-state index < -0.39 is 28.5 Å². The van der Waals surface area contributed by atoms with Gasteiger partial charge in [-0.25, -0.2) is 8.42 Å². The van der Waals surface area contributed by atoms with Crippen molar-refractivity contribution in [3.8, 4) is 0 Å². The molecular weight excluding hydrogens is 638 g/mol. The molecule has 0 bridgehead atoms. The van der Waals surface area contributed by atoms with Crippen molar-refractivity contribution < 1.29 is 18.0 Å². The molecule has 7 nitrogen and oxygen atoms in total. The highest BCUT2D eigenvalue weighted by molar-refractivity contribution is 9.10. The normalized spacial score (nSPS) is 14.6. The number of nitrogens with zero attached hydrogens (tertiary/aromatic N) is 2. The molecule has 0 aliphatic heterocycles. The van der Waals surface area contributed by atoms with Crippen molar-refractivity contribution in [1.29, 1.82) is 0 Å². The molecular formula is C35H38BrN3O4S. The number of hydrogen-bond acceptors (Lipinski definition) is 4. The van der Waals surface area contributed by atoms with Gasteiger partial charge in [0.1, 0.15) is 12.6 Å². The fourth-order valence-electron chi connectivity index (χ4n) is 5.91. The largest absolute Gasteiger partial charge is 0.352 e. The lowest BCUT2D eigenvalue weighted by Gasteiger charge is -2.35. The molecule has 1 fully saturated rings. The van der Waals surface area contributed by atoms with E-state index in [-0.39, 0.29) is 18.5 Å². The van der Waals surface area contributed by atoms with Crippen molar-refractivity contribution in [3.63, 3.8) is 0 Å². The second-order valence-corrected chi connectivity index (χ2v) is 14.3. The molecule has 4 aromatic rings. The molecule has 1 aliphatic carbocycles. The van der Waals surface area contributed by atoms with E-state index in [4.69, 9.17) is 0 Å². The zero-order valence-corrected chi connectivity index (χ0v) is 27.3. The van der Waals surface area contributed by atoms with Crippen LogP contribution < -0.4 is 9.62 Å². The molecule has 0 heterocycles. The Morgan fingerprint density at radius 2 is 1.50 bits per heavy atom. The number of nitrogens with one attached hydrogen (secondary N) is 1. The molecule has 5 rings (SSSR count). The Hall–Kier alpha value is -3.69. The van der Waals surface area contributed by atoms with Crippen LogP contribution in [-0.4, -0.2) is 50.0 Å². The van der Waals surface area contributed by atoms with E-state index >= 15 is 0 Å². The first-order chi connectivity index (χ1) is 21.2. The lowest BCUT2D eigenvalue weighted by atomic mass is 9.94. The number of sulfonamides is 1. The van der Waals surface area contributed by atoms with Gasteiger partial charge in [0.05, 0.1) is 11.9 Å². The number of hydrogen-bond donors (Lipinski definition) is 1. The van der Waals surface area contributed by atoms with Crippen molar-refractivity contribution in [2.24, 2.45) is 0 Å². The fraction of sp³-hybridized carbons (Fsp3) is 0.314. The minimum Gasteiger partial charge on any atom is -0.352 e. The molecule has 0 aromatic heterocycles. The van der Waals surface area contributed by atoms with Gasteiger partial charge in [0.25, 0.3) is 0 Å². The van der Waals surface area contributed by atoms with Gasteiger partial charge in [0.2, 0.25) is 21.8 Å². The zero-order chi connectivity index (χ0) is 31.1. The molecule has 0 spiro atoms. The van der Waals surface area contributed by atoms with Crippen LogP contribution in [0.2, 0.25) is 0 Å². The van der Waals surface area contributed by atoms with Crippen LogP contribution in [0.4, 0.5) is 5.69 Å². The summed E-state index contributed by atoms with van der Waals surface area (Å²) in [6, 6.07) is 29.4. The van der Waals surface area contributed by atoms with Crippen LogP contribution in [0.3, 0.4) is 0 Å². The molecule has 230 valence electrons. The Bertz CT molecular complexity index is 1690. The third kappa shape index (κ3) is 8.07. The number of benzene rings is 4. The van der Waals surface area contributed by atoms with Crippen LogP contribution in [0.25, 0.3) is 10.8 Å². The highest BCUT2D eigenvalue weighted by Crippen LogP contribution is 2.29. The van der Waals surface area contributed by atoms with Crippen molar-refractivity contribution >= 4 is 54.2 Å². The van der Waals surface area contributed by atoms with E-state index in [1.54, 1.807) is 17.0 Å². The van der Waals surface area contributed by atoms with Gasteiger partial charge in [-0.15, -0.1) is 0 Å². The second kappa shape index (κ2) is 14.4. The van der Waals surface area contributed by atoms with Crippen molar-refractivity contribution in [2.45, 2.75) is 57.2 Å². The van der Waals surface area contributed by atoms with E-state index in [9.17, 15) is 18.0 Å². The second-order valence-electron chi connectivity index (χ2n) is 11.5. The van der Waals surface area contributed by atoms with Gasteiger partial charge in [-0.1, -0.05) is 114 Å². The van der Waals surface area contributed by atoms with Crippen LogP contribution >= 0.6 is 15.9 Å². The maximum absolute atomic E-state index is 14.4. The SMILES string of the molecule is CS(=O)(=O)N(CC(=O)N(Cc1ccc(Br)cc1)[C@H](Cc1ccccc1)C(=O)NC1CCCCC1)c1cccc2ccccc12. The Morgan fingerprint density at radius 3 is 2.20 bits per heavy atom. The van der Waals surface area contributed by atoms with Crippen molar-refractivity contribution in [2.75, 3.05) is 17.1 Å². The van der Waals surface area contributed by atoms with E-state index in [0.29, 0.717) is 12.1 Å². The first-order valence-corrected chi connectivity index (χ1v) is 17.7. The summed E-state index contributed by atoms with van der Waals surface area (Å²) in [5.41, 5.74) is 2.17. The van der Waals surface area contributed by atoms with E-state index in [1.807, 2.05) is 84.9 Å². The summed E-state index contributed by atoms with van der Waals surface area (Å²) < 4.78 is 28.6. The number of carbonyl (C=O) groups excluding carboxylic acids is 2. The maximum Gasteiger partial charge on any atom is 0.244 e. The maximum atomic E-state index is 14.4. The van der Waals surface area contributed by atoms with Gasteiger partial charge in [-0.05, 0) is 47.6 Å². The summed E-state index contributed by atoms with van der Waals surface area (Å²) in [4.78, 5) is 30.1. The summed E-state index contributed by atoms with van der Waals surface area (Å²) in [5, 5.41) is 4.83. The summed E-state index contributed by atoms with van der Waals surface area (Å²) in [5.74, 6) is -0.673. The molecule has 0 radical (unpaired) electrons. The first kappa shape index (κ1) is 31.7. The number of anilines is 1. The number of fused-ring (bicyclic) bond motifs is 1. The number of carbonyl (C=O) groups is 2. The van der Waals surface area contributed by atoms with Gasteiger partial charge in [0, 0.05) is 28.9 Å². The molecule has 4 aromatic carbocycles. The lowest BCUT2D eigenvalue weighted by Crippen LogP contribution is -2.55. The standard InChI is InChI=1S/C35H38BrN3O4S/c1-44(42,43)39(32-18-10-14-28-13-8-9-17-31(28)32)25-34(40)38(24-27-19-21-29(36)22-20-27)33(23-26-11-4-2-5-12-26)35(41)37-30-15-6-3-7-16-30/h2,4-5,8-14,17-22,30,33H,3,6-7,15-16,23-25H2,1H3,(H,37,41)/t33-/m1/s1. The molecule has 0 unspecified atom stereocenters. The lowest BCUT2D eigenvalue weighted by molar-refractivity contribution is -0.140. The summed E-state index contributed by atoms with van der Waals surface area (Å²) in [6.07, 6.45) is 6.51. The van der Waals surface area contributed by atoms with E-state index in [2.05, 4.69) is 21.2 Å². The quantitative estimate of drug-likeness (QED) is 0.198. The third-order valence-corrected chi connectivity index (χ3v) is 9.86.